The topological polar surface area (TPSA) is 0 Å². The van der Waals surface area contributed by atoms with E-state index in [4.69, 9.17) is 0 Å². The second kappa shape index (κ2) is 5.50. The molecular formula is C22H17Br. The number of allylic oxidation sites excluding steroid dienone is 4. The summed E-state index contributed by atoms with van der Waals surface area (Å²) in [5, 5.41) is 2.70. The van der Waals surface area contributed by atoms with Crippen molar-refractivity contribution in [3.05, 3.63) is 76.8 Å². The van der Waals surface area contributed by atoms with Crippen LogP contribution in [0.15, 0.2) is 71.2 Å². The Kier molecular flexibility index (Phi) is 3.46. The summed E-state index contributed by atoms with van der Waals surface area (Å²) in [5.41, 5.74) is 7.91. The van der Waals surface area contributed by atoms with E-state index in [1.54, 1.807) is 0 Å². The average molecular weight is 361 g/mol. The zero-order chi connectivity index (χ0) is 16.0. The second-order valence-corrected chi connectivity index (χ2v) is 7.07. The van der Waals surface area contributed by atoms with Crippen LogP contribution in [0, 0.1) is 0 Å². The van der Waals surface area contributed by atoms with E-state index < -0.39 is 0 Å². The van der Waals surface area contributed by atoms with Gasteiger partial charge in [0, 0.05) is 0 Å². The molecule has 0 spiro atoms. The molecule has 0 saturated heterocycles. The van der Waals surface area contributed by atoms with Crippen LogP contribution in [0.3, 0.4) is 0 Å². The smallest absolute Gasteiger partial charge is 0.000192 e. The molecule has 0 bridgehead atoms. The van der Waals surface area contributed by atoms with Crippen molar-refractivity contribution in [1.82, 2.24) is 0 Å². The minimum atomic E-state index is 1.16. The van der Waals surface area contributed by atoms with E-state index in [0.717, 1.165) is 4.48 Å². The molecule has 3 aromatic rings. The lowest BCUT2D eigenvalue weighted by atomic mass is 9.94. The van der Waals surface area contributed by atoms with Gasteiger partial charge >= 0.3 is 0 Å². The van der Waals surface area contributed by atoms with Crippen molar-refractivity contribution in [2.45, 2.75) is 13.8 Å². The Balaban J connectivity index is 2.11. The molecule has 4 rings (SSSR count). The van der Waals surface area contributed by atoms with Crippen LogP contribution in [-0.2, 0) is 0 Å². The van der Waals surface area contributed by atoms with E-state index in [9.17, 15) is 0 Å². The van der Waals surface area contributed by atoms with Crippen LogP contribution < -0.4 is 0 Å². The molecule has 0 radical (unpaired) electrons. The SMILES string of the molecule is C/C=C\C(=C(/C)Br)c1ccc2c3c(cccc13)-c1ccccc1-2. The molecule has 0 heterocycles. The van der Waals surface area contributed by atoms with Crippen molar-refractivity contribution < 1.29 is 0 Å². The summed E-state index contributed by atoms with van der Waals surface area (Å²) in [7, 11) is 0. The molecule has 3 aromatic carbocycles. The predicted molar refractivity (Wildman–Crippen MR) is 105 cm³/mol. The summed E-state index contributed by atoms with van der Waals surface area (Å²) in [6.45, 7) is 4.17. The molecule has 112 valence electrons. The van der Waals surface area contributed by atoms with Gasteiger partial charge in [0.05, 0.1) is 0 Å². The summed E-state index contributed by atoms with van der Waals surface area (Å²) in [5.74, 6) is 0. The van der Waals surface area contributed by atoms with Gasteiger partial charge in [-0.3, -0.25) is 0 Å². The summed E-state index contributed by atoms with van der Waals surface area (Å²) >= 11 is 3.67. The molecule has 23 heavy (non-hydrogen) atoms. The van der Waals surface area contributed by atoms with Crippen LogP contribution in [0.2, 0.25) is 0 Å². The van der Waals surface area contributed by atoms with Crippen molar-refractivity contribution in [3.63, 3.8) is 0 Å². The molecule has 0 atom stereocenters. The number of fused-ring (bicyclic) bond motifs is 3. The van der Waals surface area contributed by atoms with E-state index >= 15 is 0 Å². The van der Waals surface area contributed by atoms with Crippen molar-refractivity contribution in [3.8, 4) is 22.3 Å². The van der Waals surface area contributed by atoms with E-state index in [-0.39, 0.29) is 0 Å². The Morgan fingerprint density at radius 3 is 2.13 bits per heavy atom. The van der Waals surface area contributed by atoms with Crippen LogP contribution >= 0.6 is 15.9 Å². The first-order chi connectivity index (χ1) is 11.2. The molecule has 0 saturated carbocycles. The number of benzene rings is 3. The van der Waals surface area contributed by atoms with E-state index in [1.165, 1.54) is 44.2 Å². The monoisotopic (exact) mass is 360 g/mol. The molecule has 1 aliphatic carbocycles. The fraction of sp³-hybridized carbons (Fsp3) is 0.0909. The van der Waals surface area contributed by atoms with Gasteiger partial charge in [0.1, 0.15) is 0 Å². The van der Waals surface area contributed by atoms with Gasteiger partial charge in [-0.2, -0.15) is 0 Å². The first-order valence-electron chi connectivity index (χ1n) is 7.87. The quantitative estimate of drug-likeness (QED) is 0.332. The number of halogens is 1. The standard InChI is InChI=1S/C22H17Br/c1-3-7-15(14(2)23)18-12-13-21-17-9-5-4-8-16(17)19-10-6-11-20(18)22(19)21/h3-13H,1-2H3/b7-3-,15-14-. The number of rotatable bonds is 2. The maximum absolute atomic E-state index is 3.67. The Labute approximate surface area is 145 Å². The van der Waals surface area contributed by atoms with Crippen molar-refractivity contribution in [2.75, 3.05) is 0 Å². The van der Waals surface area contributed by atoms with E-state index in [1.807, 2.05) is 0 Å². The Hall–Kier alpha value is -2.12. The zero-order valence-corrected chi connectivity index (χ0v) is 14.8. The van der Waals surface area contributed by atoms with Gasteiger partial charge < -0.3 is 0 Å². The molecule has 0 fully saturated rings. The van der Waals surface area contributed by atoms with Crippen LogP contribution in [0.5, 0.6) is 0 Å². The second-order valence-electron chi connectivity index (χ2n) is 5.88. The van der Waals surface area contributed by atoms with Gasteiger partial charge in [-0.1, -0.05) is 82.7 Å². The highest BCUT2D eigenvalue weighted by Gasteiger charge is 2.22. The minimum absolute atomic E-state index is 1.16. The van der Waals surface area contributed by atoms with Gasteiger partial charge in [-0.05, 0) is 62.5 Å². The summed E-state index contributed by atoms with van der Waals surface area (Å²) in [6, 6.07) is 19.9. The van der Waals surface area contributed by atoms with Gasteiger partial charge in [-0.25, -0.2) is 0 Å². The third kappa shape index (κ3) is 2.11. The number of hydrogen-bond acceptors (Lipinski definition) is 0. The first kappa shape index (κ1) is 14.5. The fourth-order valence-electron chi connectivity index (χ4n) is 3.60. The molecule has 0 aliphatic heterocycles. The highest BCUT2D eigenvalue weighted by Crippen LogP contribution is 2.48. The van der Waals surface area contributed by atoms with E-state index in [0.29, 0.717) is 0 Å². The van der Waals surface area contributed by atoms with Gasteiger partial charge in [-0.15, -0.1) is 0 Å². The molecule has 1 heteroatoms. The Morgan fingerprint density at radius 1 is 0.826 bits per heavy atom. The van der Waals surface area contributed by atoms with Gasteiger partial charge in [0.25, 0.3) is 0 Å². The van der Waals surface area contributed by atoms with Crippen LogP contribution in [-0.4, -0.2) is 0 Å². The maximum atomic E-state index is 3.67. The molecule has 0 unspecified atom stereocenters. The molecule has 0 aromatic heterocycles. The first-order valence-corrected chi connectivity index (χ1v) is 8.66. The summed E-state index contributed by atoms with van der Waals surface area (Å²) in [4.78, 5) is 0. The van der Waals surface area contributed by atoms with Gasteiger partial charge in [0.15, 0.2) is 0 Å². The normalized spacial score (nSPS) is 13.5. The lowest BCUT2D eigenvalue weighted by Crippen LogP contribution is -1.87. The number of hydrogen-bond donors (Lipinski definition) is 0. The minimum Gasteiger partial charge on any atom is -0.0870 e. The molecular weight excluding hydrogens is 344 g/mol. The zero-order valence-electron chi connectivity index (χ0n) is 13.2. The predicted octanol–water partition coefficient (Wildman–Crippen LogP) is 7.19. The Morgan fingerprint density at radius 2 is 1.48 bits per heavy atom. The third-order valence-corrected chi connectivity index (χ3v) is 4.97. The highest BCUT2D eigenvalue weighted by atomic mass is 79.9. The maximum Gasteiger partial charge on any atom is -0.000192 e. The lowest BCUT2D eigenvalue weighted by molar-refractivity contribution is 1.61. The lowest BCUT2D eigenvalue weighted by Gasteiger charge is -2.11. The Bertz CT molecular complexity index is 957. The molecule has 0 amide bonds. The van der Waals surface area contributed by atoms with Crippen molar-refractivity contribution in [2.24, 2.45) is 0 Å². The largest absolute Gasteiger partial charge is 0.0870 e. The third-order valence-electron chi connectivity index (χ3n) is 4.54. The highest BCUT2D eigenvalue weighted by molar-refractivity contribution is 9.11. The van der Waals surface area contributed by atoms with Crippen LogP contribution in [0.25, 0.3) is 38.6 Å². The fourth-order valence-corrected chi connectivity index (χ4v) is 3.95. The van der Waals surface area contributed by atoms with Crippen molar-refractivity contribution in [1.29, 1.82) is 0 Å². The molecule has 0 N–H and O–H groups in total. The van der Waals surface area contributed by atoms with Crippen LogP contribution in [0.4, 0.5) is 0 Å². The summed E-state index contributed by atoms with van der Waals surface area (Å²) < 4.78 is 1.16. The summed E-state index contributed by atoms with van der Waals surface area (Å²) in [6.07, 6.45) is 4.27. The molecule has 1 aliphatic rings. The van der Waals surface area contributed by atoms with Crippen LogP contribution in [0.1, 0.15) is 19.4 Å². The van der Waals surface area contributed by atoms with E-state index in [2.05, 4.69) is 96.5 Å². The molecule has 0 nitrogen and oxygen atoms in total. The average Bonchev–Trinajstić information content (AvgIpc) is 2.90. The van der Waals surface area contributed by atoms with Crippen molar-refractivity contribution >= 4 is 32.3 Å². The van der Waals surface area contributed by atoms with Gasteiger partial charge in [0.2, 0.25) is 0 Å².